The number of pyridine rings is 1. The van der Waals surface area contributed by atoms with Crippen LogP contribution in [0.1, 0.15) is 15.9 Å². The second kappa shape index (κ2) is 8.62. The molecule has 0 atom stereocenters. The van der Waals surface area contributed by atoms with Crippen LogP contribution in [0.2, 0.25) is 0 Å². The van der Waals surface area contributed by atoms with Crippen LogP contribution in [0.15, 0.2) is 47.8 Å². The summed E-state index contributed by atoms with van der Waals surface area (Å²) >= 11 is 0. The highest BCUT2D eigenvalue weighted by molar-refractivity contribution is 5.94. The van der Waals surface area contributed by atoms with Crippen LogP contribution in [0.3, 0.4) is 0 Å². The van der Waals surface area contributed by atoms with Gasteiger partial charge in [-0.25, -0.2) is 5.43 Å². The third kappa shape index (κ3) is 5.75. The summed E-state index contributed by atoms with van der Waals surface area (Å²) in [6, 6.07) is 6.21. The Balaban J connectivity index is 2.12. The number of alkyl halides is 4. The molecule has 0 unspecified atom stereocenters. The van der Waals surface area contributed by atoms with Crippen LogP contribution in [0, 0.1) is 0 Å². The van der Waals surface area contributed by atoms with Gasteiger partial charge in [-0.3, -0.25) is 9.78 Å². The third-order valence-corrected chi connectivity index (χ3v) is 2.72. The van der Waals surface area contributed by atoms with E-state index in [4.69, 9.17) is 0 Å². The van der Waals surface area contributed by atoms with Gasteiger partial charge < -0.3 is 9.47 Å². The number of rotatable bonds is 7. The lowest BCUT2D eigenvalue weighted by Crippen LogP contribution is -2.17. The number of benzene rings is 1. The molecule has 1 heterocycles. The van der Waals surface area contributed by atoms with Crippen LogP contribution >= 0.6 is 0 Å². The molecule has 0 aliphatic carbocycles. The van der Waals surface area contributed by atoms with Gasteiger partial charge in [-0.05, 0) is 24.3 Å². The minimum absolute atomic E-state index is 0.0217. The summed E-state index contributed by atoms with van der Waals surface area (Å²) in [6.07, 6.45) is 3.82. The molecule has 6 nitrogen and oxygen atoms in total. The fourth-order valence-corrected chi connectivity index (χ4v) is 1.72. The average molecular weight is 357 g/mol. The first-order chi connectivity index (χ1) is 12.0. The van der Waals surface area contributed by atoms with Crippen molar-refractivity contribution in [1.29, 1.82) is 0 Å². The average Bonchev–Trinajstić information content (AvgIpc) is 2.56. The SMILES string of the molecule is O=C(N/N=C\c1ccc(OC(F)F)cc1OC(F)F)c1cccnc1. The molecule has 0 aliphatic heterocycles. The summed E-state index contributed by atoms with van der Waals surface area (Å²) in [5.41, 5.74) is 2.43. The Bertz CT molecular complexity index is 742. The number of hydrogen-bond donors (Lipinski definition) is 1. The van der Waals surface area contributed by atoms with Crippen molar-refractivity contribution in [1.82, 2.24) is 10.4 Å². The van der Waals surface area contributed by atoms with Gasteiger partial charge in [0.05, 0.1) is 11.8 Å². The zero-order valence-electron chi connectivity index (χ0n) is 12.4. The molecule has 25 heavy (non-hydrogen) atoms. The Hall–Kier alpha value is -3.17. The minimum atomic E-state index is -3.18. The van der Waals surface area contributed by atoms with E-state index in [9.17, 15) is 22.4 Å². The van der Waals surface area contributed by atoms with Gasteiger partial charge in [0.1, 0.15) is 11.5 Å². The maximum Gasteiger partial charge on any atom is 0.387 e. The Morgan fingerprint density at radius 3 is 2.56 bits per heavy atom. The molecule has 1 amide bonds. The molecular weight excluding hydrogens is 346 g/mol. The van der Waals surface area contributed by atoms with Crippen molar-refractivity contribution >= 4 is 12.1 Å². The summed E-state index contributed by atoms with van der Waals surface area (Å²) in [5, 5.41) is 3.61. The smallest absolute Gasteiger partial charge is 0.387 e. The van der Waals surface area contributed by atoms with E-state index >= 15 is 0 Å². The first-order valence-corrected chi connectivity index (χ1v) is 6.73. The molecule has 1 N–H and O–H groups in total. The molecule has 0 saturated heterocycles. The fourth-order valence-electron chi connectivity index (χ4n) is 1.72. The highest BCUT2D eigenvalue weighted by Gasteiger charge is 2.12. The predicted octanol–water partition coefficient (Wildman–Crippen LogP) is 3.05. The van der Waals surface area contributed by atoms with Crippen LogP contribution in [-0.4, -0.2) is 30.3 Å². The van der Waals surface area contributed by atoms with Gasteiger partial charge in [0, 0.05) is 24.0 Å². The number of amides is 1. The van der Waals surface area contributed by atoms with Crippen molar-refractivity contribution < 1.29 is 31.8 Å². The molecule has 2 rings (SSSR count). The summed E-state index contributed by atoms with van der Waals surface area (Å²) in [4.78, 5) is 15.5. The molecule has 1 aromatic heterocycles. The molecule has 0 aliphatic rings. The van der Waals surface area contributed by atoms with Crippen molar-refractivity contribution in [2.45, 2.75) is 13.2 Å². The number of hydrogen-bond acceptors (Lipinski definition) is 5. The lowest BCUT2D eigenvalue weighted by molar-refractivity contribution is -0.0543. The molecule has 0 radical (unpaired) electrons. The number of hydrazone groups is 1. The van der Waals surface area contributed by atoms with E-state index in [1.165, 1.54) is 24.5 Å². The second-order valence-electron chi connectivity index (χ2n) is 4.40. The van der Waals surface area contributed by atoms with Crippen LogP contribution < -0.4 is 14.9 Å². The summed E-state index contributed by atoms with van der Waals surface area (Å²) in [6.45, 7) is -6.29. The monoisotopic (exact) mass is 357 g/mol. The van der Waals surface area contributed by atoms with E-state index in [1.54, 1.807) is 6.07 Å². The van der Waals surface area contributed by atoms with Crippen LogP contribution in [-0.2, 0) is 0 Å². The number of carbonyl (C=O) groups is 1. The van der Waals surface area contributed by atoms with Crippen LogP contribution in [0.4, 0.5) is 17.6 Å². The molecule has 0 bridgehead atoms. The van der Waals surface area contributed by atoms with E-state index < -0.39 is 24.9 Å². The van der Waals surface area contributed by atoms with Crippen molar-refractivity contribution in [3.05, 3.63) is 53.9 Å². The summed E-state index contributed by atoms with van der Waals surface area (Å²) < 4.78 is 57.6. The Morgan fingerprint density at radius 1 is 1.16 bits per heavy atom. The third-order valence-electron chi connectivity index (χ3n) is 2.72. The first kappa shape index (κ1) is 18.2. The molecule has 0 fully saturated rings. The summed E-state index contributed by atoms with van der Waals surface area (Å²) in [7, 11) is 0. The zero-order chi connectivity index (χ0) is 18.2. The van der Waals surface area contributed by atoms with Crippen molar-refractivity contribution in [3.8, 4) is 11.5 Å². The first-order valence-electron chi connectivity index (χ1n) is 6.73. The number of nitrogens with one attached hydrogen (secondary N) is 1. The Labute approximate surface area is 139 Å². The van der Waals surface area contributed by atoms with Gasteiger partial charge in [-0.1, -0.05) is 0 Å². The second-order valence-corrected chi connectivity index (χ2v) is 4.40. The molecular formula is C15H11F4N3O3. The molecule has 2 aromatic rings. The standard InChI is InChI=1S/C15H11F4N3O3/c16-14(17)24-11-4-3-9(12(6-11)25-15(18)19)8-21-22-13(23)10-2-1-5-20-7-10/h1-8,14-15H,(H,22,23)/b21-8-. The zero-order valence-corrected chi connectivity index (χ0v) is 12.4. The van der Waals surface area contributed by atoms with E-state index in [-0.39, 0.29) is 16.9 Å². The van der Waals surface area contributed by atoms with Gasteiger partial charge in [0.15, 0.2) is 0 Å². The number of ether oxygens (including phenoxy) is 2. The summed E-state index contributed by atoms with van der Waals surface area (Å²) in [5.74, 6) is -1.37. The van der Waals surface area contributed by atoms with Crippen LogP contribution in [0.25, 0.3) is 0 Å². The van der Waals surface area contributed by atoms with Gasteiger partial charge in [0.2, 0.25) is 0 Å². The lowest BCUT2D eigenvalue weighted by atomic mass is 10.2. The lowest BCUT2D eigenvalue weighted by Gasteiger charge is -2.10. The fraction of sp³-hybridized carbons (Fsp3) is 0.133. The molecule has 0 saturated carbocycles. The minimum Gasteiger partial charge on any atom is -0.435 e. The van der Waals surface area contributed by atoms with E-state index in [1.807, 2.05) is 0 Å². The number of halogens is 4. The van der Waals surface area contributed by atoms with Crippen molar-refractivity contribution in [3.63, 3.8) is 0 Å². The van der Waals surface area contributed by atoms with Gasteiger partial charge in [-0.15, -0.1) is 0 Å². The maximum atomic E-state index is 12.4. The highest BCUT2D eigenvalue weighted by atomic mass is 19.3. The van der Waals surface area contributed by atoms with Gasteiger partial charge >= 0.3 is 13.2 Å². The molecule has 132 valence electrons. The van der Waals surface area contributed by atoms with Crippen LogP contribution in [0.5, 0.6) is 11.5 Å². The largest absolute Gasteiger partial charge is 0.435 e. The maximum absolute atomic E-state index is 12.4. The number of carbonyl (C=O) groups excluding carboxylic acids is 1. The van der Waals surface area contributed by atoms with Crippen molar-refractivity contribution in [2.24, 2.45) is 5.10 Å². The number of nitrogens with zero attached hydrogens (tertiary/aromatic N) is 2. The molecule has 0 spiro atoms. The van der Waals surface area contributed by atoms with Gasteiger partial charge in [0.25, 0.3) is 5.91 Å². The topological polar surface area (TPSA) is 72.8 Å². The predicted molar refractivity (Wildman–Crippen MR) is 79.0 cm³/mol. The highest BCUT2D eigenvalue weighted by Crippen LogP contribution is 2.26. The number of aromatic nitrogens is 1. The quantitative estimate of drug-likeness (QED) is 0.470. The van der Waals surface area contributed by atoms with E-state index in [0.717, 1.165) is 18.3 Å². The van der Waals surface area contributed by atoms with E-state index in [2.05, 4.69) is 25.0 Å². The van der Waals surface area contributed by atoms with Crippen molar-refractivity contribution in [2.75, 3.05) is 0 Å². The molecule has 10 heteroatoms. The van der Waals surface area contributed by atoms with Gasteiger partial charge in [-0.2, -0.15) is 22.7 Å². The molecule has 1 aromatic carbocycles. The Kier molecular flexibility index (Phi) is 6.26. The normalized spacial score (nSPS) is 11.1. The Morgan fingerprint density at radius 2 is 1.92 bits per heavy atom. The van der Waals surface area contributed by atoms with E-state index in [0.29, 0.717) is 0 Å².